The lowest BCUT2D eigenvalue weighted by atomic mass is 10.1. The number of ether oxygens (including phenoxy) is 1. The highest BCUT2D eigenvalue weighted by Crippen LogP contribution is 2.26. The van der Waals surface area contributed by atoms with E-state index in [1.165, 1.54) is 0 Å². The molecular weight excluding hydrogens is 230 g/mol. The monoisotopic (exact) mass is 237 g/mol. The van der Waals surface area contributed by atoms with Crippen LogP contribution in [0.25, 0.3) is 10.9 Å². The molecule has 0 fully saturated rings. The number of H-pyrrole nitrogens is 1. The molecule has 0 saturated carbocycles. The number of fused-ring (bicyclic) bond motifs is 1. The van der Waals surface area contributed by atoms with E-state index in [1.54, 1.807) is 18.2 Å². The molecular formula is C11H8ClNO3. The molecule has 0 saturated heterocycles. The van der Waals surface area contributed by atoms with Crippen LogP contribution in [0.2, 0.25) is 5.15 Å². The Morgan fingerprint density at radius 3 is 2.69 bits per heavy atom. The summed E-state index contributed by atoms with van der Waals surface area (Å²) < 4.78 is 4.38. The molecule has 1 aromatic carbocycles. The molecule has 82 valence electrons. The van der Waals surface area contributed by atoms with Crippen molar-refractivity contribution in [2.75, 3.05) is 7.11 Å². The van der Waals surface area contributed by atoms with Crippen molar-refractivity contribution in [1.29, 1.82) is 0 Å². The number of nitrogens with one attached hydrogen (secondary N) is 1. The molecule has 16 heavy (non-hydrogen) atoms. The van der Waals surface area contributed by atoms with Gasteiger partial charge in [0.05, 0.1) is 12.7 Å². The normalized spacial score (nSPS) is 10.4. The molecule has 0 aliphatic rings. The van der Waals surface area contributed by atoms with Crippen LogP contribution in [0.1, 0.15) is 10.4 Å². The van der Waals surface area contributed by atoms with Crippen LogP contribution in [0.3, 0.4) is 0 Å². The van der Waals surface area contributed by atoms with Gasteiger partial charge in [-0.05, 0) is 6.07 Å². The van der Waals surface area contributed by atoms with Gasteiger partial charge in [-0.2, -0.15) is 0 Å². The molecule has 0 aliphatic carbocycles. The zero-order valence-corrected chi connectivity index (χ0v) is 9.17. The predicted octanol–water partition coefficient (Wildman–Crippen LogP) is 2.18. The van der Waals surface area contributed by atoms with E-state index >= 15 is 0 Å². The Morgan fingerprint density at radius 2 is 2.00 bits per heavy atom. The molecule has 2 aromatic rings. The van der Waals surface area contributed by atoms with E-state index in [4.69, 9.17) is 11.6 Å². The predicted molar refractivity (Wildman–Crippen MR) is 59.7 cm³/mol. The number of rotatable bonds is 2. The van der Waals surface area contributed by atoms with Gasteiger partial charge in [0.15, 0.2) is 0 Å². The Kier molecular flexibility index (Phi) is 2.66. The van der Waals surface area contributed by atoms with Gasteiger partial charge in [-0.3, -0.25) is 4.79 Å². The van der Waals surface area contributed by atoms with Crippen molar-refractivity contribution in [2.24, 2.45) is 0 Å². The standard InChI is InChI=1S/C11H8ClNO3/c1-16-11(15)9(14)8-6-4-2-3-5-7(6)13-10(8)12/h2-5,13H,1H3. The van der Waals surface area contributed by atoms with E-state index in [1.807, 2.05) is 6.07 Å². The highest BCUT2D eigenvalue weighted by molar-refractivity contribution is 6.47. The Morgan fingerprint density at radius 1 is 1.31 bits per heavy atom. The third-order valence-corrected chi connectivity index (χ3v) is 2.54. The van der Waals surface area contributed by atoms with Gasteiger partial charge in [-0.25, -0.2) is 4.79 Å². The van der Waals surface area contributed by atoms with Crippen LogP contribution >= 0.6 is 11.6 Å². The van der Waals surface area contributed by atoms with Crippen LogP contribution in [0, 0.1) is 0 Å². The van der Waals surface area contributed by atoms with Gasteiger partial charge in [0.2, 0.25) is 0 Å². The quantitative estimate of drug-likeness (QED) is 0.495. The average Bonchev–Trinajstić information content (AvgIpc) is 2.63. The second-order valence-corrected chi connectivity index (χ2v) is 3.56. The van der Waals surface area contributed by atoms with E-state index in [-0.39, 0.29) is 10.7 Å². The summed E-state index contributed by atoms with van der Waals surface area (Å²) in [5.74, 6) is -1.67. The fourth-order valence-corrected chi connectivity index (χ4v) is 1.82. The summed E-state index contributed by atoms with van der Waals surface area (Å²) in [4.78, 5) is 25.7. The molecule has 0 unspecified atom stereocenters. The van der Waals surface area contributed by atoms with E-state index in [0.717, 1.165) is 7.11 Å². The Balaban J connectivity index is 2.64. The molecule has 5 heteroatoms. The number of methoxy groups -OCH3 is 1. The first-order chi connectivity index (χ1) is 7.65. The average molecular weight is 238 g/mol. The van der Waals surface area contributed by atoms with E-state index < -0.39 is 11.8 Å². The highest BCUT2D eigenvalue weighted by atomic mass is 35.5. The minimum absolute atomic E-state index is 0.150. The second-order valence-electron chi connectivity index (χ2n) is 3.18. The van der Waals surface area contributed by atoms with Gasteiger partial charge in [0.1, 0.15) is 5.15 Å². The van der Waals surface area contributed by atoms with E-state index in [2.05, 4.69) is 9.72 Å². The zero-order valence-electron chi connectivity index (χ0n) is 8.41. The van der Waals surface area contributed by atoms with Crippen LogP contribution in [0.5, 0.6) is 0 Å². The van der Waals surface area contributed by atoms with Crippen molar-refractivity contribution in [1.82, 2.24) is 4.98 Å². The van der Waals surface area contributed by atoms with Crippen molar-refractivity contribution in [2.45, 2.75) is 0 Å². The summed E-state index contributed by atoms with van der Waals surface area (Å²) in [5, 5.41) is 0.763. The number of esters is 1. The highest BCUT2D eigenvalue weighted by Gasteiger charge is 2.23. The molecule has 0 spiro atoms. The summed E-state index contributed by atoms with van der Waals surface area (Å²) in [5.41, 5.74) is 0.865. The van der Waals surface area contributed by atoms with Crippen molar-refractivity contribution < 1.29 is 14.3 Å². The smallest absolute Gasteiger partial charge is 0.379 e. The minimum atomic E-state index is -0.924. The first kappa shape index (κ1) is 10.7. The molecule has 1 N–H and O–H groups in total. The fraction of sp³-hybridized carbons (Fsp3) is 0.0909. The number of benzene rings is 1. The number of ketones is 1. The Hall–Kier alpha value is -1.81. The van der Waals surface area contributed by atoms with Gasteiger partial charge in [0, 0.05) is 10.9 Å². The number of hydrogen-bond acceptors (Lipinski definition) is 3. The number of carbonyl (C=O) groups excluding carboxylic acids is 2. The van der Waals surface area contributed by atoms with Gasteiger partial charge in [-0.15, -0.1) is 0 Å². The number of hydrogen-bond donors (Lipinski definition) is 1. The molecule has 4 nitrogen and oxygen atoms in total. The van der Waals surface area contributed by atoms with Gasteiger partial charge in [0.25, 0.3) is 5.78 Å². The lowest BCUT2D eigenvalue weighted by molar-refractivity contribution is -0.135. The second kappa shape index (κ2) is 3.98. The molecule has 0 radical (unpaired) electrons. The maximum absolute atomic E-state index is 11.7. The molecule has 0 aliphatic heterocycles. The van der Waals surface area contributed by atoms with Gasteiger partial charge < -0.3 is 9.72 Å². The summed E-state index contributed by atoms with van der Waals surface area (Å²) in [6.45, 7) is 0. The van der Waals surface area contributed by atoms with Gasteiger partial charge >= 0.3 is 5.97 Å². The first-order valence-corrected chi connectivity index (χ1v) is 4.91. The lowest BCUT2D eigenvalue weighted by Crippen LogP contribution is -2.15. The number of aromatic amines is 1. The topological polar surface area (TPSA) is 59.2 Å². The molecule has 1 aromatic heterocycles. The summed E-state index contributed by atoms with van der Waals surface area (Å²) in [7, 11) is 1.16. The molecule has 1 heterocycles. The van der Waals surface area contributed by atoms with Gasteiger partial charge in [-0.1, -0.05) is 29.8 Å². The number of aromatic nitrogens is 1. The fourth-order valence-electron chi connectivity index (χ4n) is 1.53. The zero-order chi connectivity index (χ0) is 11.7. The van der Waals surface area contributed by atoms with Crippen molar-refractivity contribution in [3.8, 4) is 0 Å². The number of Topliss-reactive ketones (excluding diaryl/α,β-unsaturated/α-hetero) is 1. The van der Waals surface area contributed by atoms with E-state index in [9.17, 15) is 9.59 Å². The third kappa shape index (κ3) is 1.57. The number of carbonyl (C=O) groups is 2. The largest absolute Gasteiger partial charge is 0.463 e. The van der Waals surface area contributed by atoms with Crippen LogP contribution in [0.4, 0.5) is 0 Å². The van der Waals surface area contributed by atoms with Crippen LogP contribution < -0.4 is 0 Å². The van der Waals surface area contributed by atoms with Crippen molar-refractivity contribution in [3.63, 3.8) is 0 Å². The number of para-hydroxylation sites is 1. The summed E-state index contributed by atoms with van der Waals surface area (Å²) in [6, 6.07) is 7.06. The summed E-state index contributed by atoms with van der Waals surface area (Å²) in [6.07, 6.45) is 0. The molecule has 0 amide bonds. The molecule has 0 bridgehead atoms. The lowest BCUT2D eigenvalue weighted by Gasteiger charge is -1.97. The Bertz CT molecular complexity index is 574. The van der Waals surface area contributed by atoms with Crippen LogP contribution in [-0.2, 0) is 9.53 Å². The molecule has 2 rings (SSSR count). The van der Waals surface area contributed by atoms with E-state index in [0.29, 0.717) is 10.9 Å². The maximum Gasteiger partial charge on any atom is 0.379 e. The van der Waals surface area contributed by atoms with Crippen molar-refractivity contribution >= 4 is 34.3 Å². The summed E-state index contributed by atoms with van der Waals surface area (Å²) >= 11 is 5.88. The third-order valence-electron chi connectivity index (χ3n) is 2.26. The van der Waals surface area contributed by atoms with Crippen LogP contribution in [-0.4, -0.2) is 23.8 Å². The van der Waals surface area contributed by atoms with Crippen LogP contribution in [0.15, 0.2) is 24.3 Å². The number of halogens is 1. The van der Waals surface area contributed by atoms with Crippen molar-refractivity contribution in [3.05, 3.63) is 35.0 Å². The first-order valence-electron chi connectivity index (χ1n) is 4.54. The SMILES string of the molecule is COC(=O)C(=O)c1c(Cl)[nH]c2ccccc12. The maximum atomic E-state index is 11.7. The molecule has 0 atom stereocenters. The Labute approximate surface area is 96.2 Å². The minimum Gasteiger partial charge on any atom is -0.463 e.